The van der Waals surface area contributed by atoms with Gasteiger partial charge in [-0.15, -0.1) is 0 Å². The van der Waals surface area contributed by atoms with E-state index in [4.69, 9.17) is 4.98 Å². The van der Waals surface area contributed by atoms with Gasteiger partial charge in [0.1, 0.15) is 0 Å². The molecule has 0 bridgehead atoms. The number of para-hydroxylation sites is 2. The maximum atomic E-state index is 5.03. The van der Waals surface area contributed by atoms with Crippen molar-refractivity contribution in [1.29, 1.82) is 0 Å². The van der Waals surface area contributed by atoms with E-state index in [1.807, 2.05) is 0 Å². The van der Waals surface area contributed by atoms with E-state index in [9.17, 15) is 0 Å². The molecule has 1 heterocycles. The normalized spacial score (nSPS) is 21.4. The smallest absolute Gasteiger partial charge is 0.208 e. The van der Waals surface area contributed by atoms with Gasteiger partial charge in [0.15, 0.2) is 0 Å². The average Bonchev–Trinajstić information content (AvgIpc) is 3.04. The molecule has 1 N–H and O–H groups in total. The number of hydrogen-bond acceptors (Lipinski definition) is 2. The van der Waals surface area contributed by atoms with E-state index in [0.29, 0.717) is 11.5 Å². The first-order valence-electron chi connectivity index (χ1n) is 11.3. The summed E-state index contributed by atoms with van der Waals surface area (Å²) in [5.74, 6) is 1.72. The van der Waals surface area contributed by atoms with Crippen molar-refractivity contribution in [3.63, 3.8) is 0 Å². The minimum absolute atomic E-state index is 0.363. The molecule has 3 heteroatoms. The van der Waals surface area contributed by atoms with Crippen molar-refractivity contribution in [1.82, 2.24) is 9.55 Å². The van der Waals surface area contributed by atoms with Crippen LogP contribution in [0.4, 0.5) is 11.6 Å². The van der Waals surface area contributed by atoms with Crippen LogP contribution in [0.2, 0.25) is 0 Å². The highest BCUT2D eigenvalue weighted by molar-refractivity contribution is 5.80. The summed E-state index contributed by atoms with van der Waals surface area (Å²) in [6.07, 6.45) is 5.80. The summed E-state index contributed by atoms with van der Waals surface area (Å²) in [5.41, 5.74) is 6.62. The van der Waals surface area contributed by atoms with Gasteiger partial charge in [-0.3, -0.25) is 0 Å². The molecule has 0 radical (unpaired) electrons. The SMILES string of the molecule is CCc1ccc(Nc2nc3ccccc3n2[C@H]2C[C@@H](C)CC(C)(C)C2)c(CC)c1. The molecule has 1 aliphatic rings. The van der Waals surface area contributed by atoms with Crippen LogP contribution in [-0.2, 0) is 12.8 Å². The second-order valence-electron chi connectivity index (χ2n) is 9.68. The molecule has 29 heavy (non-hydrogen) atoms. The Balaban J connectivity index is 1.78. The summed E-state index contributed by atoms with van der Waals surface area (Å²) < 4.78 is 2.49. The van der Waals surface area contributed by atoms with E-state index in [-0.39, 0.29) is 0 Å². The summed E-state index contributed by atoms with van der Waals surface area (Å²) >= 11 is 0. The molecular formula is C26H35N3. The minimum atomic E-state index is 0.363. The molecule has 0 unspecified atom stereocenters. The molecule has 3 nitrogen and oxygen atoms in total. The van der Waals surface area contributed by atoms with E-state index < -0.39 is 0 Å². The van der Waals surface area contributed by atoms with Gasteiger partial charge in [0.2, 0.25) is 5.95 Å². The van der Waals surface area contributed by atoms with E-state index in [0.717, 1.165) is 30.2 Å². The standard InChI is InChI=1S/C26H35N3/c1-6-19-12-13-22(20(7-2)15-19)27-25-28-23-10-8-9-11-24(23)29(25)21-14-18(3)16-26(4,5)17-21/h8-13,15,18,21H,6-7,14,16-17H2,1-5H3,(H,27,28)/t18-,21+/m1/s1. The zero-order valence-corrected chi connectivity index (χ0v) is 18.6. The molecule has 3 aromatic rings. The lowest BCUT2D eigenvalue weighted by Crippen LogP contribution is -2.29. The second kappa shape index (κ2) is 7.85. The maximum absolute atomic E-state index is 5.03. The molecule has 1 saturated carbocycles. The van der Waals surface area contributed by atoms with Crippen LogP contribution < -0.4 is 5.32 Å². The van der Waals surface area contributed by atoms with Gasteiger partial charge in [-0.2, -0.15) is 0 Å². The van der Waals surface area contributed by atoms with Crippen LogP contribution in [0.1, 0.15) is 71.0 Å². The molecule has 0 spiro atoms. The van der Waals surface area contributed by atoms with Crippen molar-refractivity contribution in [2.45, 2.75) is 72.8 Å². The topological polar surface area (TPSA) is 29.9 Å². The summed E-state index contributed by atoms with van der Waals surface area (Å²) in [6, 6.07) is 15.9. The number of rotatable bonds is 5. The third-order valence-corrected chi connectivity index (χ3v) is 6.53. The predicted molar refractivity (Wildman–Crippen MR) is 124 cm³/mol. The number of imidazole rings is 1. The number of benzene rings is 2. The fourth-order valence-electron chi connectivity index (χ4n) is 5.40. The lowest BCUT2D eigenvalue weighted by atomic mass is 9.70. The zero-order valence-electron chi connectivity index (χ0n) is 18.6. The van der Waals surface area contributed by atoms with Crippen LogP contribution >= 0.6 is 0 Å². The Labute approximate surface area is 175 Å². The monoisotopic (exact) mass is 389 g/mol. The van der Waals surface area contributed by atoms with Crippen molar-refractivity contribution in [2.75, 3.05) is 5.32 Å². The number of hydrogen-bond donors (Lipinski definition) is 1. The summed E-state index contributed by atoms with van der Waals surface area (Å²) in [6.45, 7) is 11.7. The Morgan fingerprint density at radius 1 is 1.07 bits per heavy atom. The van der Waals surface area contributed by atoms with E-state index in [1.165, 1.54) is 41.6 Å². The molecular weight excluding hydrogens is 354 g/mol. The van der Waals surface area contributed by atoms with Crippen LogP contribution in [0.15, 0.2) is 42.5 Å². The molecule has 2 atom stereocenters. The molecule has 2 aromatic carbocycles. The molecule has 0 aliphatic heterocycles. The third-order valence-electron chi connectivity index (χ3n) is 6.53. The minimum Gasteiger partial charge on any atom is -0.325 e. The van der Waals surface area contributed by atoms with Crippen LogP contribution in [0, 0.1) is 11.3 Å². The van der Waals surface area contributed by atoms with Crippen molar-refractivity contribution in [2.24, 2.45) is 11.3 Å². The molecule has 154 valence electrons. The van der Waals surface area contributed by atoms with E-state index >= 15 is 0 Å². The molecule has 1 fully saturated rings. The quantitative estimate of drug-likeness (QED) is 0.496. The molecule has 1 aromatic heterocycles. The van der Waals surface area contributed by atoms with E-state index in [2.05, 4.69) is 87.0 Å². The average molecular weight is 390 g/mol. The highest BCUT2D eigenvalue weighted by atomic mass is 15.2. The highest BCUT2D eigenvalue weighted by Gasteiger charge is 2.34. The Bertz CT molecular complexity index is 998. The second-order valence-corrected chi connectivity index (χ2v) is 9.68. The van der Waals surface area contributed by atoms with Gasteiger partial charge < -0.3 is 9.88 Å². The number of anilines is 2. The van der Waals surface area contributed by atoms with Gasteiger partial charge in [-0.1, -0.05) is 58.9 Å². The third kappa shape index (κ3) is 4.05. The van der Waals surface area contributed by atoms with Crippen molar-refractivity contribution in [3.05, 3.63) is 53.6 Å². The van der Waals surface area contributed by atoms with E-state index in [1.54, 1.807) is 0 Å². The van der Waals surface area contributed by atoms with Gasteiger partial charge in [-0.25, -0.2) is 4.98 Å². The highest BCUT2D eigenvalue weighted by Crippen LogP contribution is 2.46. The largest absolute Gasteiger partial charge is 0.325 e. The first-order chi connectivity index (χ1) is 13.9. The number of fused-ring (bicyclic) bond motifs is 1. The lowest BCUT2D eigenvalue weighted by Gasteiger charge is -2.40. The first kappa shape index (κ1) is 20.0. The van der Waals surface area contributed by atoms with Crippen LogP contribution in [0.3, 0.4) is 0 Å². The lowest BCUT2D eigenvalue weighted by molar-refractivity contribution is 0.140. The zero-order chi connectivity index (χ0) is 20.6. The van der Waals surface area contributed by atoms with Gasteiger partial charge in [0.05, 0.1) is 11.0 Å². The predicted octanol–water partition coefficient (Wildman–Crippen LogP) is 7.29. The fourth-order valence-corrected chi connectivity index (χ4v) is 5.40. The molecule has 0 saturated heterocycles. The molecule has 0 amide bonds. The van der Waals surface area contributed by atoms with Crippen molar-refractivity contribution in [3.8, 4) is 0 Å². The Morgan fingerprint density at radius 2 is 1.86 bits per heavy atom. The van der Waals surface area contributed by atoms with Gasteiger partial charge >= 0.3 is 0 Å². The Hall–Kier alpha value is -2.29. The number of aryl methyl sites for hydroxylation is 2. The van der Waals surface area contributed by atoms with Crippen LogP contribution in [0.5, 0.6) is 0 Å². The van der Waals surface area contributed by atoms with Gasteiger partial charge in [0.25, 0.3) is 0 Å². The maximum Gasteiger partial charge on any atom is 0.208 e. The molecule has 1 aliphatic carbocycles. The van der Waals surface area contributed by atoms with Crippen LogP contribution in [-0.4, -0.2) is 9.55 Å². The van der Waals surface area contributed by atoms with Crippen molar-refractivity contribution < 1.29 is 0 Å². The Kier molecular flexibility index (Phi) is 5.42. The number of nitrogens with zero attached hydrogens (tertiary/aromatic N) is 2. The Morgan fingerprint density at radius 3 is 2.59 bits per heavy atom. The van der Waals surface area contributed by atoms with Crippen LogP contribution in [0.25, 0.3) is 11.0 Å². The summed E-state index contributed by atoms with van der Waals surface area (Å²) in [4.78, 5) is 5.03. The molecule has 4 rings (SSSR count). The van der Waals surface area contributed by atoms with Crippen molar-refractivity contribution >= 4 is 22.7 Å². The summed E-state index contributed by atoms with van der Waals surface area (Å²) in [7, 11) is 0. The number of nitrogens with one attached hydrogen (secondary N) is 1. The number of aromatic nitrogens is 2. The summed E-state index contributed by atoms with van der Waals surface area (Å²) in [5, 5.41) is 3.72. The van der Waals surface area contributed by atoms with Gasteiger partial charge in [0, 0.05) is 11.7 Å². The van der Waals surface area contributed by atoms with Gasteiger partial charge in [-0.05, 0) is 72.8 Å². The fraction of sp³-hybridized carbons (Fsp3) is 0.500. The first-order valence-corrected chi connectivity index (χ1v) is 11.3.